The van der Waals surface area contributed by atoms with Gasteiger partial charge in [0.05, 0.1) is 28.8 Å². The number of amides is 1. The number of carbonyl (C=O) groups is 2. The zero-order chi connectivity index (χ0) is 19.0. The molecule has 1 aromatic carbocycles. The fraction of sp³-hybridized carbons (Fsp3) is 0.278. The maximum absolute atomic E-state index is 12.5. The largest absolute Gasteiger partial charge is 0.416 e. The number of nitrogens with one attached hydrogen (secondary N) is 1. The summed E-state index contributed by atoms with van der Waals surface area (Å²) in [5, 5.41) is 14.1. The second-order valence-electron chi connectivity index (χ2n) is 6.22. The lowest BCUT2D eigenvalue weighted by Crippen LogP contribution is -2.08. The number of hydrogen-bond donors (Lipinski definition) is 1. The van der Waals surface area contributed by atoms with Gasteiger partial charge in [-0.3, -0.25) is 9.59 Å². The van der Waals surface area contributed by atoms with Crippen molar-refractivity contribution in [2.45, 2.75) is 31.4 Å². The molecular weight excluding hydrogens is 384 g/mol. The van der Waals surface area contributed by atoms with Crippen molar-refractivity contribution >= 4 is 40.5 Å². The Bertz CT molecular complexity index is 1030. The van der Waals surface area contributed by atoms with Crippen LogP contribution >= 0.6 is 23.1 Å². The van der Waals surface area contributed by atoms with E-state index in [0.29, 0.717) is 23.1 Å². The topological polar surface area (TPSA) is 98.0 Å². The van der Waals surface area contributed by atoms with Gasteiger partial charge in [-0.25, -0.2) is 4.98 Å². The van der Waals surface area contributed by atoms with Gasteiger partial charge < -0.3 is 9.73 Å². The molecule has 1 amide bonds. The summed E-state index contributed by atoms with van der Waals surface area (Å²) >= 11 is 2.78. The van der Waals surface area contributed by atoms with Crippen LogP contribution in [-0.2, 0) is 11.2 Å². The molecule has 4 rings (SSSR count). The SMILES string of the molecule is Cc1nc(Cc2nnc(SCC(=O)c3ccc4c(c3)C(C)C(=O)N4)o2)cs1. The number of thioether (sulfide) groups is 1. The highest BCUT2D eigenvalue weighted by atomic mass is 32.2. The average Bonchev–Trinajstić information content (AvgIpc) is 3.34. The Morgan fingerprint density at radius 1 is 1.37 bits per heavy atom. The smallest absolute Gasteiger partial charge is 0.277 e. The minimum Gasteiger partial charge on any atom is -0.416 e. The molecule has 0 bridgehead atoms. The van der Waals surface area contributed by atoms with Gasteiger partial charge in [0.15, 0.2) is 5.78 Å². The number of aromatic nitrogens is 3. The van der Waals surface area contributed by atoms with Gasteiger partial charge in [-0.2, -0.15) is 0 Å². The van der Waals surface area contributed by atoms with Gasteiger partial charge in [0.1, 0.15) is 0 Å². The Morgan fingerprint density at radius 2 is 2.22 bits per heavy atom. The van der Waals surface area contributed by atoms with Crippen LogP contribution in [0.4, 0.5) is 5.69 Å². The fourth-order valence-corrected chi connectivity index (χ4v) is 4.10. The van der Waals surface area contributed by atoms with Crippen molar-refractivity contribution in [2.75, 3.05) is 11.1 Å². The zero-order valence-corrected chi connectivity index (χ0v) is 16.3. The minimum absolute atomic E-state index is 0.0438. The number of fused-ring (bicyclic) bond motifs is 1. The third-order valence-electron chi connectivity index (χ3n) is 4.27. The van der Waals surface area contributed by atoms with Crippen molar-refractivity contribution in [1.29, 1.82) is 0 Å². The van der Waals surface area contributed by atoms with Crippen LogP contribution in [-0.4, -0.2) is 32.6 Å². The normalized spacial score (nSPS) is 15.6. The van der Waals surface area contributed by atoms with Crippen molar-refractivity contribution in [3.8, 4) is 0 Å². The molecule has 1 N–H and O–H groups in total. The number of benzene rings is 1. The number of thiazole rings is 1. The standard InChI is InChI=1S/C18H16N4O3S2/c1-9-13-5-11(3-4-14(13)20-17(9)24)15(23)8-27-18-22-21-16(25-18)6-12-7-26-10(2)19-12/h3-5,7,9H,6,8H2,1-2H3,(H,20,24). The molecule has 1 atom stereocenters. The highest BCUT2D eigenvalue weighted by Crippen LogP contribution is 2.33. The Hall–Kier alpha value is -2.52. The van der Waals surface area contributed by atoms with Crippen molar-refractivity contribution < 1.29 is 14.0 Å². The molecule has 2 aromatic heterocycles. The average molecular weight is 400 g/mol. The summed E-state index contributed by atoms with van der Waals surface area (Å²) in [6, 6.07) is 5.28. The van der Waals surface area contributed by atoms with E-state index in [0.717, 1.165) is 22.0 Å². The molecule has 1 unspecified atom stereocenters. The van der Waals surface area contributed by atoms with Crippen molar-refractivity contribution in [2.24, 2.45) is 0 Å². The van der Waals surface area contributed by atoms with Gasteiger partial charge in [-0.15, -0.1) is 21.5 Å². The van der Waals surface area contributed by atoms with E-state index < -0.39 is 0 Å². The van der Waals surface area contributed by atoms with Gasteiger partial charge in [0, 0.05) is 16.6 Å². The second-order valence-corrected chi connectivity index (χ2v) is 8.21. The van der Waals surface area contributed by atoms with Crippen molar-refractivity contribution in [3.05, 3.63) is 51.3 Å². The number of nitrogens with zero attached hydrogens (tertiary/aromatic N) is 3. The molecular formula is C18H16N4O3S2. The molecule has 7 nitrogen and oxygen atoms in total. The van der Waals surface area contributed by atoms with Gasteiger partial charge in [-0.05, 0) is 37.6 Å². The summed E-state index contributed by atoms with van der Waals surface area (Å²) in [6.45, 7) is 3.77. The molecule has 27 heavy (non-hydrogen) atoms. The Kier molecular flexibility index (Phi) is 4.79. The number of aryl methyl sites for hydroxylation is 1. The quantitative estimate of drug-likeness (QED) is 0.500. The lowest BCUT2D eigenvalue weighted by Gasteiger charge is -2.04. The molecule has 0 saturated carbocycles. The number of carbonyl (C=O) groups excluding carboxylic acids is 2. The first-order chi connectivity index (χ1) is 13.0. The third kappa shape index (κ3) is 3.79. The zero-order valence-electron chi connectivity index (χ0n) is 14.7. The molecule has 0 radical (unpaired) electrons. The molecule has 1 aliphatic rings. The molecule has 3 aromatic rings. The van der Waals surface area contributed by atoms with Crippen molar-refractivity contribution in [3.63, 3.8) is 0 Å². The lowest BCUT2D eigenvalue weighted by atomic mass is 9.99. The Balaban J connectivity index is 1.38. The van der Waals surface area contributed by atoms with E-state index in [-0.39, 0.29) is 23.4 Å². The van der Waals surface area contributed by atoms with Crippen LogP contribution in [0.2, 0.25) is 0 Å². The predicted molar refractivity (Wildman–Crippen MR) is 102 cm³/mol. The van der Waals surface area contributed by atoms with Crippen LogP contribution in [0.25, 0.3) is 0 Å². The number of rotatable bonds is 6. The highest BCUT2D eigenvalue weighted by Gasteiger charge is 2.27. The number of anilines is 1. The van der Waals surface area contributed by atoms with Crippen LogP contribution in [0.3, 0.4) is 0 Å². The first-order valence-corrected chi connectivity index (χ1v) is 10.2. The number of hydrogen-bond acceptors (Lipinski definition) is 8. The maximum Gasteiger partial charge on any atom is 0.277 e. The maximum atomic E-state index is 12.5. The lowest BCUT2D eigenvalue weighted by molar-refractivity contribution is -0.116. The van der Waals surface area contributed by atoms with Crippen molar-refractivity contribution in [1.82, 2.24) is 15.2 Å². The first-order valence-electron chi connectivity index (χ1n) is 8.34. The molecule has 1 aliphatic heterocycles. The summed E-state index contributed by atoms with van der Waals surface area (Å²) < 4.78 is 5.59. The Labute approximate surface area is 163 Å². The minimum atomic E-state index is -0.242. The molecule has 0 aliphatic carbocycles. The van der Waals surface area contributed by atoms with E-state index in [4.69, 9.17) is 4.42 Å². The van der Waals surface area contributed by atoms with E-state index in [2.05, 4.69) is 20.5 Å². The Morgan fingerprint density at radius 3 is 3.00 bits per heavy atom. The first kappa shape index (κ1) is 17.9. The van der Waals surface area contributed by atoms with Gasteiger partial charge >= 0.3 is 0 Å². The van der Waals surface area contributed by atoms with Gasteiger partial charge in [-0.1, -0.05) is 11.8 Å². The predicted octanol–water partition coefficient (Wildman–Crippen LogP) is 3.46. The molecule has 138 valence electrons. The summed E-state index contributed by atoms with van der Waals surface area (Å²) in [7, 11) is 0. The molecule has 3 heterocycles. The van der Waals surface area contributed by atoms with Crippen LogP contribution in [0, 0.1) is 6.92 Å². The fourth-order valence-electron chi connectivity index (χ4n) is 2.81. The van der Waals surface area contributed by atoms with E-state index in [1.807, 2.05) is 19.2 Å². The van der Waals surface area contributed by atoms with E-state index in [1.54, 1.807) is 29.5 Å². The van der Waals surface area contributed by atoms with Crippen LogP contribution in [0.5, 0.6) is 0 Å². The summed E-state index contributed by atoms with van der Waals surface area (Å²) in [5.74, 6) is 0.327. The second kappa shape index (κ2) is 7.24. The summed E-state index contributed by atoms with van der Waals surface area (Å²) in [4.78, 5) is 28.6. The third-order valence-corrected chi connectivity index (χ3v) is 5.91. The van der Waals surface area contributed by atoms with E-state index in [9.17, 15) is 9.59 Å². The number of ketones is 1. The molecule has 0 saturated heterocycles. The molecule has 0 fully saturated rings. The summed E-state index contributed by atoms with van der Waals surface area (Å²) in [5.41, 5.74) is 3.09. The van der Waals surface area contributed by atoms with Gasteiger partial charge in [0.2, 0.25) is 11.8 Å². The van der Waals surface area contributed by atoms with Crippen LogP contribution < -0.4 is 5.32 Å². The van der Waals surface area contributed by atoms with Crippen LogP contribution in [0.15, 0.2) is 33.2 Å². The van der Waals surface area contributed by atoms with E-state index in [1.165, 1.54) is 11.8 Å². The van der Waals surface area contributed by atoms with E-state index >= 15 is 0 Å². The molecule has 9 heteroatoms. The van der Waals surface area contributed by atoms with Crippen LogP contribution in [0.1, 0.15) is 45.4 Å². The summed E-state index contributed by atoms with van der Waals surface area (Å²) in [6.07, 6.45) is 0.482. The monoisotopic (exact) mass is 400 g/mol. The molecule has 0 spiro atoms. The number of Topliss-reactive ketones (excluding diaryl/α,β-unsaturated/α-hetero) is 1. The highest BCUT2D eigenvalue weighted by molar-refractivity contribution is 7.99. The van der Waals surface area contributed by atoms with Gasteiger partial charge in [0.25, 0.3) is 5.22 Å².